The van der Waals surface area contributed by atoms with Gasteiger partial charge in [-0.3, -0.25) is 0 Å². The predicted octanol–water partition coefficient (Wildman–Crippen LogP) is 0.715. The quantitative estimate of drug-likeness (QED) is 0.759. The molecule has 0 aromatic carbocycles. The minimum Gasteiger partial charge on any atom is -0.384 e. The molecule has 1 aromatic rings. The van der Waals surface area contributed by atoms with Gasteiger partial charge in [-0.2, -0.15) is 4.98 Å². The van der Waals surface area contributed by atoms with Crippen LogP contribution in [0, 0.1) is 5.92 Å². The van der Waals surface area contributed by atoms with Gasteiger partial charge in [-0.05, 0) is 12.8 Å². The third-order valence-electron chi connectivity index (χ3n) is 2.40. The fraction of sp³-hybridized carbons (Fsp3) is 0.818. The molecule has 17 heavy (non-hydrogen) atoms. The van der Waals surface area contributed by atoms with E-state index in [2.05, 4.69) is 17.1 Å². The maximum atomic E-state index is 6.02. The van der Waals surface area contributed by atoms with Crippen molar-refractivity contribution in [2.24, 2.45) is 11.7 Å². The first kappa shape index (κ1) is 14.1. The van der Waals surface area contributed by atoms with E-state index in [1.165, 1.54) is 0 Å². The van der Waals surface area contributed by atoms with E-state index in [0.717, 1.165) is 0 Å². The Morgan fingerprint density at radius 2 is 2.12 bits per heavy atom. The first-order chi connectivity index (χ1) is 7.99. The largest absolute Gasteiger partial charge is 0.384 e. The molecule has 6 nitrogen and oxygen atoms in total. The minimum atomic E-state index is -0.721. The van der Waals surface area contributed by atoms with Crippen molar-refractivity contribution in [3.05, 3.63) is 11.7 Å². The summed E-state index contributed by atoms with van der Waals surface area (Å²) >= 11 is 0. The van der Waals surface area contributed by atoms with Crippen molar-refractivity contribution in [1.29, 1.82) is 0 Å². The standard InChI is InChI=1S/C11H21N3O3/c1-8(6-15-3)5-9-13-10(14-17-9)11(2,12)7-16-4/h8H,5-7,12H2,1-4H3. The van der Waals surface area contributed by atoms with Crippen LogP contribution in [-0.4, -0.2) is 37.6 Å². The van der Waals surface area contributed by atoms with Gasteiger partial charge in [0.2, 0.25) is 5.89 Å². The molecule has 98 valence electrons. The van der Waals surface area contributed by atoms with Crippen LogP contribution < -0.4 is 5.73 Å². The molecule has 2 unspecified atom stereocenters. The number of nitrogens with two attached hydrogens (primary N) is 1. The zero-order chi connectivity index (χ0) is 12.9. The van der Waals surface area contributed by atoms with Gasteiger partial charge in [-0.1, -0.05) is 12.1 Å². The molecule has 6 heteroatoms. The van der Waals surface area contributed by atoms with E-state index < -0.39 is 5.54 Å². The van der Waals surface area contributed by atoms with E-state index in [1.54, 1.807) is 14.2 Å². The Hall–Kier alpha value is -0.980. The lowest BCUT2D eigenvalue weighted by Gasteiger charge is -2.18. The summed E-state index contributed by atoms with van der Waals surface area (Å²) in [5.41, 5.74) is 5.30. The Balaban J connectivity index is 2.64. The van der Waals surface area contributed by atoms with Crippen molar-refractivity contribution >= 4 is 0 Å². The SMILES string of the molecule is COCC(C)Cc1nc(C(C)(N)COC)no1. The van der Waals surface area contributed by atoms with Crippen LogP contribution in [0.25, 0.3) is 0 Å². The van der Waals surface area contributed by atoms with E-state index in [1.807, 2.05) is 6.92 Å². The average molecular weight is 243 g/mol. The molecule has 1 aromatic heterocycles. The van der Waals surface area contributed by atoms with Gasteiger partial charge in [0.05, 0.1) is 6.61 Å². The van der Waals surface area contributed by atoms with Crippen LogP contribution in [0.4, 0.5) is 0 Å². The molecule has 0 saturated carbocycles. The number of methoxy groups -OCH3 is 2. The van der Waals surface area contributed by atoms with Gasteiger partial charge in [0, 0.05) is 27.2 Å². The predicted molar refractivity (Wildman–Crippen MR) is 62.5 cm³/mol. The number of hydrogen-bond acceptors (Lipinski definition) is 6. The first-order valence-electron chi connectivity index (χ1n) is 5.59. The summed E-state index contributed by atoms with van der Waals surface area (Å²) in [6, 6.07) is 0. The van der Waals surface area contributed by atoms with Crippen LogP contribution >= 0.6 is 0 Å². The first-order valence-corrected chi connectivity index (χ1v) is 5.59. The van der Waals surface area contributed by atoms with Crippen molar-refractivity contribution in [2.45, 2.75) is 25.8 Å². The molecule has 0 fully saturated rings. The van der Waals surface area contributed by atoms with Gasteiger partial charge >= 0.3 is 0 Å². The maximum absolute atomic E-state index is 6.02. The van der Waals surface area contributed by atoms with Crippen molar-refractivity contribution in [3.8, 4) is 0 Å². The zero-order valence-electron chi connectivity index (χ0n) is 10.9. The summed E-state index contributed by atoms with van der Waals surface area (Å²) in [5.74, 6) is 1.39. The van der Waals surface area contributed by atoms with E-state index in [9.17, 15) is 0 Å². The molecule has 1 rings (SSSR count). The lowest BCUT2D eigenvalue weighted by atomic mass is 10.1. The second-order valence-corrected chi connectivity index (χ2v) is 4.63. The van der Waals surface area contributed by atoms with E-state index in [-0.39, 0.29) is 0 Å². The van der Waals surface area contributed by atoms with E-state index in [4.69, 9.17) is 19.7 Å². The lowest BCUT2D eigenvalue weighted by Crippen LogP contribution is -2.39. The second kappa shape index (κ2) is 6.09. The van der Waals surface area contributed by atoms with Crippen molar-refractivity contribution < 1.29 is 14.0 Å². The van der Waals surface area contributed by atoms with Crippen LogP contribution in [-0.2, 0) is 21.4 Å². The summed E-state index contributed by atoms with van der Waals surface area (Å²) in [7, 11) is 3.26. The van der Waals surface area contributed by atoms with Crippen LogP contribution in [0.3, 0.4) is 0 Å². The number of ether oxygens (including phenoxy) is 2. The van der Waals surface area contributed by atoms with Gasteiger partial charge in [-0.15, -0.1) is 0 Å². The van der Waals surface area contributed by atoms with Gasteiger partial charge in [-0.25, -0.2) is 0 Å². The summed E-state index contributed by atoms with van der Waals surface area (Å²) in [4.78, 5) is 4.28. The Morgan fingerprint density at radius 1 is 1.41 bits per heavy atom. The van der Waals surface area contributed by atoms with E-state index >= 15 is 0 Å². The Labute approximate surface area is 101 Å². The van der Waals surface area contributed by atoms with Crippen LogP contribution in [0.15, 0.2) is 4.52 Å². The van der Waals surface area contributed by atoms with Crippen LogP contribution in [0.1, 0.15) is 25.6 Å². The van der Waals surface area contributed by atoms with Gasteiger partial charge in [0.15, 0.2) is 5.82 Å². The number of nitrogens with zero attached hydrogens (tertiary/aromatic N) is 2. The zero-order valence-corrected chi connectivity index (χ0v) is 10.9. The third-order valence-corrected chi connectivity index (χ3v) is 2.40. The fourth-order valence-corrected chi connectivity index (χ4v) is 1.58. The summed E-state index contributed by atoms with van der Waals surface area (Å²) in [6.45, 7) is 4.88. The highest BCUT2D eigenvalue weighted by Crippen LogP contribution is 2.16. The van der Waals surface area contributed by atoms with Gasteiger partial charge in [0.25, 0.3) is 0 Å². The molecule has 0 aliphatic rings. The molecule has 1 heterocycles. The fourth-order valence-electron chi connectivity index (χ4n) is 1.58. The molecule has 0 aliphatic heterocycles. The Kier molecular flexibility index (Phi) is 5.04. The monoisotopic (exact) mass is 243 g/mol. The number of rotatable bonds is 7. The molecule has 0 bridgehead atoms. The van der Waals surface area contributed by atoms with Gasteiger partial charge in [0.1, 0.15) is 5.54 Å². The Bertz CT molecular complexity index is 338. The molecule has 0 aliphatic carbocycles. The van der Waals surface area contributed by atoms with E-state index in [0.29, 0.717) is 37.3 Å². The van der Waals surface area contributed by atoms with Crippen molar-refractivity contribution in [2.75, 3.05) is 27.4 Å². The maximum Gasteiger partial charge on any atom is 0.227 e. The molecule has 0 saturated heterocycles. The lowest BCUT2D eigenvalue weighted by molar-refractivity contribution is 0.134. The van der Waals surface area contributed by atoms with Crippen LogP contribution in [0.5, 0.6) is 0 Å². The van der Waals surface area contributed by atoms with Crippen LogP contribution in [0.2, 0.25) is 0 Å². The molecular formula is C11H21N3O3. The molecule has 0 spiro atoms. The molecule has 0 amide bonds. The highest BCUT2D eigenvalue weighted by molar-refractivity contribution is 5.02. The smallest absolute Gasteiger partial charge is 0.227 e. The topological polar surface area (TPSA) is 83.4 Å². The molecule has 2 N–H and O–H groups in total. The van der Waals surface area contributed by atoms with Gasteiger partial charge < -0.3 is 19.7 Å². The normalized spacial score (nSPS) is 16.8. The van der Waals surface area contributed by atoms with Crippen molar-refractivity contribution in [1.82, 2.24) is 10.1 Å². The summed E-state index contributed by atoms with van der Waals surface area (Å²) in [6.07, 6.45) is 0.684. The summed E-state index contributed by atoms with van der Waals surface area (Å²) in [5, 5.41) is 3.89. The van der Waals surface area contributed by atoms with Crippen molar-refractivity contribution in [3.63, 3.8) is 0 Å². The Morgan fingerprint density at radius 3 is 2.71 bits per heavy atom. The average Bonchev–Trinajstić information content (AvgIpc) is 2.67. The minimum absolute atomic E-state index is 0.333. The highest BCUT2D eigenvalue weighted by Gasteiger charge is 2.27. The second-order valence-electron chi connectivity index (χ2n) is 4.63. The molecule has 0 radical (unpaired) electrons. The molecular weight excluding hydrogens is 222 g/mol. The third kappa shape index (κ3) is 4.07. The number of hydrogen-bond donors (Lipinski definition) is 1. The highest BCUT2D eigenvalue weighted by atomic mass is 16.5. The summed E-state index contributed by atoms with van der Waals surface area (Å²) < 4.78 is 15.2. The number of aromatic nitrogens is 2. The molecule has 2 atom stereocenters.